The number of aromatic nitrogens is 1. The topological polar surface area (TPSA) is 65.5 Å². The van der Waals surface area contributed by atoms with Crippen LogP contribution < -0.4 is 10.2 Å². The normalized spacial score (nSPS) is 13.4. The van der Waals surface area contributed by atoms with Crippen LogP contribution in [0, 0.1) is 0 Å². The maximum Gasteiger partial charge on any atom is 0.259 e. The molecule has 0 saturated carbocycles. The van der Waals surface area contributed by atoms with Crippen molar-refractivity contribution in [3.05, 3.63) is 59.4 Å². The summed E-state index contributed by atoms with van der Waals surface area (Å²) in [5.74, 6) is -0.313. The van der Waals surface area contributed by atoms with Gasteiger partial charge in [-0.05, 0) is 57.6 Å². The Morgan fingerprint density at radius 1 is 1.19 bits per heavy atom. The molecule has 27 heavy (non-hydrogen) atoms. The minimum Gasteiger partial charge on any atom is -0.352 e. The molecule has 0 unspecified atom stereocenters. The van der Waals surface area contributed by atoms with E-state index in [2.05, 4.69) is 21.3 Å². The zero-order chi connectivity index (χ0) is 19.2. The quantitative estimate of drug-likeness (QED) is 0.797. The summed E-state index contributed by atoms with van der Waals surface area (Å²) < 4.78 is 0. The van der Waals surface area contributed by atoms with E-state index < -0.39 is 0 Å². The zero-order valence-corrected chi connectivity index (χ0v) is 15.9. The second-order valence-electron chi connectivity index (χ2n) is 7.06. The predicted octanol–water partition coefficient (Wildman–Crippen LogP) is 2.36. The van der Waals surface area contributed by atoms with E-state index in [0.717, 1.165) is 31.5 Å². The lowest BCUT2D eigenvalue weighted by Gasteiger charge is -2.29. The molecular weight excluding hydrogens is 340 g/mol. The molecule has 1 aliphatic rings. The van der Waals surface area contributed by atoms with E-state index >= 15 is 0 Å². The van der Waals surface area contributed by atoms with Crippen molar-refractivity contribution in [1.82, 2.24) is 15.2 Å². The molecule has 0 atom stereocenters. The highest BCUT2D eigenvalue weighted by molar-refractivity contribution is 6.08. The van der Waals surface area contributed by atoms with Gasteiger partial charge in [-0.15, -0.1) is 0 Å². The summed E-state index contributed by atoms with van der Waals surface area (Å²) in [4.78, 5) is 33.3. The van der Waals surface area contributed by atoms with Gasteiger partial charge in [0.25, 0.3) is 11.8 Å². The standard InChI is InChI=1S/C21H26N4O2/c1-24(2)11-6-10-23-20(26)17-13-18(15-22-14-17)21(27)25-12-5-8-16-7-3-4-9-19(16)25/h3-4,7,9,13-15H,5-6,8,10-12H2,1-2H3,(H,23,26). The fourth-order valence-corrected chi connectivity index (χ4v) is 3.28. The maximum absolute atomic E-state index is 13.0. The molecule has 2 amide bonds. The van der Waals surface area contributed by atoms with Crippen molar-refractivity contribution < 1.29 is 9.59 Å². The van der Waals surface area contributed by atoms with Crippen LogP contribution >= 0.6 is 0 Å². The summed E-state index contributed by atoms with van der Waals surface area (Å²) in [5, 5.41) is 2.89. The Balaban J connectivity index is 1.70. The lowest BCUT2D eigenvalue weighted by atomic mass is 10.0. The van der Waals surface area contributed by atoms with Gasteiger partial charge in [-0.3, -0.25) is 14.6 Å². The van der Waals surface area contributed by atoms with Crippen molar-refractivity contribution in [2.24, 2.45) is 0 Å². The number of fused-ring (bicyclic) bond motifs is 1. The number of carbonyl (C=O) groups is 2. The fraction of sp³-hybridized carbons (Fsp3) is 0.381. The van der Waals surface area contributed by atoms with Crippen LogP contribution in [0.25, 0.3) is 0 Å². The third kappa shape index (κ3) is 4.71. The van der Waals surface area contributed by atoms with Crippen LogP contribution in [-0.4, -0.2) is 55.4 Å². The van der Waals surface area contributed by atoms with Crippen molar-refractivity contribution in [2.75, 3.05) is 38.6 Å². The van der Waals surface area contributed by atoms with Crippen LogP contribution in [0.1, 0.15) is 39.1 Å². The molecule has 6 nitrogen and oxygen atoms in total. The number of pyridine rings is 1. The number of hydrogen-bond acceptors (Lipinski definition) is 4. The molecule has 0 radical (unpaired) electrons. The Hall–Kier alpha value is -2.73. The zero-order valence-electron chi connectivity index (χ0n) is 15.9. The monoisotopic (exact) mass is 366 g/mol. The van der Waals surface area contributed by atoms with E-state index in [0.29, 0.717) is 24.2 Å². The first kappa shape index (κ1) is 19.0. The van der Waals surface area contributed by atoms with Crippen molar-refractivity contribution in [3.63, 3.8) is 0 Å². The van der Waals surface area contributed by atoms with Gasteiger partial charge in [0.05, 0.1) is 11.1 Å². The summed E-state index contributed by atoms with van der Waals surface area (Å²) in [6.45, 7) is 2.18. The number of amides is 2. The van der Waals surface area contributed by atoms with Gasteiger partial charge >= 0.3 is 0 Å². The maximum atomic E-state index is 13.0. The number of aryl methyl sites for hydroxylation is 1. The largest absolute Gasteiger partial charge is 0.352 e. The number of carbonyl (C=O) groups excluding carboxylic acids is 2. The molecule has 0 fully saturated rings. The molecular formula is C21H26N4O2. The van der Waals surface area contributed by atoms with Crippen LogP contribution in [-0.2, 0) is 6.42 Å². The van der Waals surface area contributed by atoms with Crippen molar-refractivity contribution in [2.45, 2.75) is 19.3 Å². The van der Waals surface area contributed by atoms with Gasteiger partial charge in [0.1, 0.15) is 0 Å². The Morgan fingerprint density at radius 3 is 2.78 bits per heavy atom. The second kappa shape index (κ2) is 8.77. The highest BCUT2D eigenvalue weighted by atomic mass is 16.2. The van der Waals surface area contributed by atoms with Gasteiger partial charge in [-0.2, -0.15) is 0 Å². The SMILES string of the molecule is CN(C)CCCNC(=O)c1cncc(C(=O)N2CCCc3ccccc32)c1. The molecule has 1 aliphatic heterocycles. The summed E-state index contributed by atoms with van der Waals surface area (Å²) in [6.07, 6.45) is 5.82. The molecule has 0 aliphatic carbocycles. The molecule has 142 valence electrons. The van der Waals surface area contributed by atoms with E-state index in [9.17, 15) is 9.59 Å². The van der Waals surface area contributed by atoms with E-state index in [-0.39, 0.29) is 11.8 Å². The molecule has 0 saturated heterocycles. The predicted molar refractivity (Wildman–Crippen MR) is 106 cm³/mol. The van der Waals surface area contributed by atoms with Gasteiger partial charge in [-0.25, -0.2) is 0 Å². The number of hydrogen-bond donors (Lipinski definition) is 1. The lowest BCUT2D eigenvalue weighted by Crippen LogP contribution is -2.35. The van der Waals surface area contributed by atoms with Gasteiger partial charge < -0.3 is 15.1 Å². The first-order valence-corrected chi connectivity index (χ1v) is 9.34. The number of nitrogens with zero attached hydrogens (tertiary/aromatic N) is 3. The molecule has 1 aromatic carbocycles. The van der Waals surface area contributed by atoms with Gasteiger partial charge in [-0.1, -0.05) is 18.2 Å². The second-order valence-corrected chi connectivity index (χ2v) is 7.06. The van der Waals surface area contributed by atoms with E-state index in [1.807, 2.05) is 32.3 Å². The summed E-state index contributed by atoms with van der Waals surface area (Å²) in [7, 11) is 4.00. The smallest absolute Gasteiger partial charge is 0.259 e. The average molecular weight is 366 g/mol. The third-order valence-corrected chi connectivity index (χ3v) is 4.67. The van der Waals surface area contributed by atoms with E-state index in [1.165, 1.54) is 18.0 Å². The van der Waals surface area contributed by atoms with Crippen LogP contribution in [0.5, 0.6) is 0 Å². The number of para-hydroxylation sites is 1. The number of anilines is 1. The number of benzene rings is 1. The van der Waals surface area contributed by atoms with Gasteiger partial charge in [0, 0.05) is 31.2 Å². The molecule has 0 spiro atoms. The van der Waals surface area contributed by atoms with Crippen molar-refractivity contribution >= 4 is 17.5 Å². The van der Waals surface area contributed by atoms with Gasteiger partial charge in [0.2, 0.25) is 0 Å². The van der Waals surface area contributed by atoms with E-state index in [4.69, 9.17) is 0 Å². The van der Waals surface area contributed by atoms with E-state index in [1.54, 1.807) is 11.0 Å². The highest BCUT2D eigenvalue weighted by Gasteiger charge is 2.24. The molecule has 3 rings (SSSR count). The number of rotatable bonds is 6. The first-order valence-electron chi connectivity index (χ1n) is 9.34. The number of nitrogens with one attached hydrogen (secondary N) is 1. The Bertz CT molecular complexity index is 819. The molecule has 2 aromatic rings. The Morgan fingerprint density at radius 2 is 1.96 bits per heavy atom. The average Bonchev–Trinajstić information content (AvgIpc) is 2.70. The minimum absolute atomic E-state index is 0.114. The lowest BCUT2D eigenvalue weighted by molar-refractivity contribution is 0.0952. The van der Waals surface area contributed by atoms with Gasteiger partial charge in [0.15, 0.2) is 0 Å². The van der Waals surface area contributed by atoms with Crippen LogP contribution in [0.4, 0.5) is 5.69 Å². The molecule has 0 bridgehead atoms. The summed E-state index contributed by atoms with van der Waals surface area (Å²) in [5.41, 5.74) is 2.98. The molecule has 6 heteroatoms. The summed E-state index contributed by atoms with van der Waals surface area (Å²) in [6, 6.07) is 9.61. The summed E-state index contributed by atoms with van der Waals surface area (Å²) >= 11 is 0. The third-order valence-electron chi connectivity index (χ3n) is 4.67. The molecule has 2 heterocycles. The highest BCUT2D eigenvalue weighted by Crippen LogP contribution is 2.28. The van der Waals surface area contributed by atoms with Crippen LogP contribution in [0.3, 0.4) is 0 Å². The van der Waals surface area contributed by atoms with Crippen LogP contribution in [0.2, 0.25) is 0 Å². The van der Waals surface area contributed by atoms with Crippen molar-refractivity contribution in [3.8, 4) is 0 Å². The fourth-order valence-electron chi connectivity index (χ4n) is 3.28. The Labute approximate surface area is 160 Å². The molecule has 1 N–H and O–H groups in total. The first-order chi connectivity index (χ1) is 13.1. The minimum atomic E-state index is -0.199. The Kier molecular flexibility index (Phi) is 6.19. The molecule has 1 aromatic heterocycles. The van der Waals surface area contributed by atoms with Crippen LogP contribution in [0.15, 0.2) is 42.7 Å². The van der Waals surface area contributed by atoms with Crippen molar-refractivity contribution in [1.29, 1.82) is 0 Å².